The van der Waals surface area contributed by atoms with Crippen molar-refractivity contribution in [2.75, 3.05) is 27.2 Å². The fourth-order valence-corrected chi connectivity index (χ4v) is 4.10. The first-order valence-corrected chi connectivity index (χ1v) is 8.96. The van der Waals surface area contributed by atoms with Crippen LogP contribution in [-0.2, 0) is 17.9 Å². The van der Waals surface area contributed by atoms with Crippen molar-refractivity contribution in [2.24, 2.45) is 5.92 Å². The molecule has 124 valence electrons. The van der Waals surface area contributed by atoms with E-state index in [1.807, 2.05) is 24.2 Å². The van der Waals surface area contributed by atoms with Gasteiger partial charge in [0.15, 0.2) is 0 Å². The van der Waals surface area contributed by atoms with Crippen molar-refractivity contribution in [3.8, 4) is 10.7 Å². The second-order valence-corrected chi connectivity index (χ2v) is 7.37. The average Bonchev–Trinajstić information content (AvgIpc) is 3.19. The van der Waals surface area contributed by atoms with Crippen LogP contribution in [-0.4, -0.2) is 52.4 Å². The molecule has 0 N–H and O–H groups in total. The molecule has 0 bridgehead atoms. The molecule has 1 amide bonds. The maximum atomic E-state index is 11.9. The summed E-state index contributed by atoms with van der Waals surface area (Å²) in [7, 11) is 4.16. The van der Waals surface area contributed by atoms with E-state index in [9.17, 15) is 4.79 Å². The van der Waals surface area contributed by atoms with Crippen molar-refractivity contribution in [1.29, 1.82) is 0 Å². The Balaban J connectivity index is 1.73. The molecule has 1 atom stereocenters. The van der Waals surface area contributed by atoms with Gasteiger partial charge in [0, 0.05) is 50.9 Å². The van der Waals surface area contributed by atoms with Crippen LogP contribution in [0.1, 0.15) is 18.9 Å². The summed E-state index contributed by atoms with van der Waals surface area (Å²) in [6.07, 6.45) is 4.54. The number of rotatable bonds is 6. The summed E-state index contributed by atoms with van der Waals surface area (Å²) in [5.74, 6) is 1.68. The number of likely N-dealkylation sites (tertiary alicyclic amines) is 1. The van der Waals surface area contributed by atoms with Crippen molar-refractivity contribution in [3.63, 3.8) is 0 Å². The fraction of sp³-hybridized carbons (Fsp3) is 0.529. The number of hydrogen-bond donors (Lipinski definition) is 0. The third-order valence-corrected chi connectivity index (χ3v) is 5.19. The summed E-state index contributed by atoms with van der Waals surface area (Å²) in [4.78, 5) is 21.8. The monoisotopic (exact) mass is 332 g/mol. The fourth-order valence-electron chi connectivity index (χ4n) is 3.18. The second kappa shape index (κ2) is 6.84. The first kappa shape index (κ1) is 16.2. The van der Waals surface area contributed by atoms with Crippen molar-refractivity contribution >= 4 is 17.2 Å². The van der Waals surface area contributed by atoms with Gasteiger partial charge in [0.25, 0.3) is 0 Å². The van der Waals surface area contributed by atoms with Gasteiger partial charge in [-0.05, 0) is 38.0 Å². The summed E-state index contributed by atoms with van der Waals surface area (Å²) in [6.45, 7) is 5.52. The molecule has 5 nitrogen and oxygen atoms in total. The maximum absolute atomic E-state index is 11.9. The average molecular weight is 332 g/mol. The lowest BCUT2D eigenvalue weighted by molar-refractivity contribution is -0.127. The van der Waals surface area contributed by atoms with Crippen LogP contribution >= 0.6 is 11.3 Å². The van der Waals surface area contributed by atoms with E-state index in [2.05, 4.69) is 40.0 Å². The van der Waals surface area contributed by atoms with E-state index in [0.717, 1.165) is 32.0 Å². The molecule has 0 saturated carbocycles. The predicted molar refractivity (Wildman–Crippen MR) is 93.3 cm³/mol. The Morgan fingerprint density at radius 1 is 1.43 bits per heavy atom. The van der Waals surface area contributed by atoms with Crippen molar-refractivity contribution in [1.82, 2.24) is 19.4 Å². The van der Waals surface area contributed by atoms with Crippen LogP contribution < -0.4 is 0 Å². The van der Waals surface area contributed by atoms with Crippen molar-refractivity contribution in [2.45, 2.75) is 26.4 Å². The second-order valence-electron chi connectivity index (χ2n) is 6.46. The lowest BCUT2D eigenvalue weighted by atomic mass is 10.1. The van der Waals surface area contributed by atoms with Gasteiger partial charge in [-0.1, -0.05) is 0 Å². The molecule has 1 aliphatic rings. The smallest absolute Gasteiger partial charge is 0.222 e. The number of amides is 1. The van der Waals surface area contributed by atoms with E-state index in [-0.39, 0.29) is 5.91 Å². The zero-order chi connectivity index (χ0) is 16.4. The van der Waals surface area contributed by atoms with Gasteiger partial charge < -0.3 is 14.4 Å². The highest BCUT2D eigenvalue weighted by Crippen LogP contribution is 2.28. The summed E-state index contributed by atoms with van der Waals surface area (Å²) in [5, 5.41) is 2.20. The number of carbonyl (C=O) groups is 1. The molecule has 23 heavy (non-hydrogen) atoms. The Morgan fingerprint density at radius 2 is 2.26 bits per heavy atom. The largest absolute Gasteiger partial charge is 0.343 e. The highest BCUT2D eigenvalue weighted by molar-refractivity contribution is 7.13. The third kappa shape index (κ3) is 3.64. The van der Waals surface area contributed by atoms with Crippen LogP contribution in [0.3, 0.4) is 0 Å². The molecule has 3 heterocycles. The molecule has 0 aromatic carbocycles. The van der Waals surface area contributed by atoms with E-state index in [0.29, 0.717) is 12.3 Å². The molecular weight excluding hydrogens is 308 g/mol. The Morgan fingerprint density at radius 3 is 2.96 bits per heavy atom. The van der Waals surface area contributed by atoms with Crippen LogP contribution in [0.5, 0.6) is 0 Å². The number of nitrogens with zero attached hydrogens (tertiary/aromatic N) is 4. The number of carbonyl (C=O) groups excluding carboxylic acids is 1. The van der Waals surface area contributed by atoms with Crippen molar-refractivity contribution < 1.29 is 4.79 Å². The van der Waals surface area contributed by atoms with E-state index >= 15 is 0 Å². The topological polar surface area (TPSA) is 41.4 Å². The van der Waals surface area contributed by atoms with Gasteiger partial charge in [0.1, 0.15) is 5.82 Å². The Bertz CT molecular complexity index is 676. The molecule has 6 heteroatoms. The summed E-state index contributed by atoms with van der Waals surface area (Å²) >= 11 is 1.74. The SMILES string of the molecule is CCN1CC(Cn2ccnc2-c2cc(CN(C)C)cs2)CC1=O. The van der Waals surface area contributed by atoms with Gasteiger partial charge in [-0.3, -0.25) is 4.79 Å². The summed E-state index contributed by atoms with van der Waals surface area (Å²) in [5.41, 5.74) is 1.32. The zero-order valence-corrected chi connectivity index (χ0v) is 14.8. The summed E-state index contributed by atoms with van der Waals surface area (Å²) in [6, 6.07) is 2.22. The van der Waals surface area contributed by atoms with Crippen LogP contribution in [0.2, 0.25) is 0 Å². The highest BCUT2D eigenvalue weighted by atomic mass is 32.1. The minimum absolute atomic E-state index is 0.281. The molecule has 2 aromatic rings. The number of aromatic nitrogens is 2. The predicted octanol–water partition coefficient (Wildman–Crippen LogP) is 2.54. The van der Waals surface area contributed by atoms with Gasteiger partial charge in [-0.2, -0.15) is 0 Å². The molecule has 0 spiro atoms. The van der Waals surface area contributed by atoms with Crippen LogP contribution in [0.15, 0.2) is 23.8 Å². The Labute approximate surface area is 141 Å². The first-order valence-electron chi connectivity index (χ1n) is 8.08. The number of imidazole rings is 1. The molecule has 0 aliphatic carbocycles. The molecule has 1 unspecified atom stereocenters. The molecule has 1 saturated heterocycles. The van der Waals surface area contributed by atoms with Gasteiger partial charge in [-0.25, -0.2) is 4.98 Å². The van der Waals surface area contributed by atoms with Crippen molar-refractivity contribution in [3.05, 3.63) is 29.4 Å². The van der Waals surface area contributed by atoms with Gasteiger partial charge in [0.2, 0.25) is 5.91 Å². The Hall–Kier alpha value is -1.66. The molecular formula is C17H24N4OS. The molecule has 2 aromatic heterocycles. The van der Waals surface area contributed by atoms with E-state index in [1.54, 1.807) is 11.3 Å². The number of hydrogen-bond acceptors (Lipinski definition) is 4. The van der Waals surface area contributed by atoms with Crippen LogP contribution in [0.25, 0.3) is 10.7 Å². The lowest BCUT2D eigenvalue weighted by Crippen LogP contribution is -2.25. The minimum atomic E-state index is 0.281. The van der Waals surface area contributed by atoms with Crippen LogP contribution in [0.4, 0.5) is 0 Å². The van der Waals surface area contributed by atoms with E-state index in [4.69, 9.17) is 0 Å². The zero-order valence-electron chi connectivity index (χ0n) is 14.0. The van der Waals surface area contributed by atoms with Gasteiger partial charge >= 0.3 is 0 Å². The first-order chi connectivity index (χ1) is 11.1. The van der Waals surface area contributed by atoms with Crippen LogP contribution in [0, 0.1) is 5.92 Å². The third-order valence-electron chi connectivity index (χ3n) is 4.22. The molecule has 1 aliphatic heterocycles. The van der Waals surface area contributed by atoms with Gasteiger partial charge in [0.05, 0.1) is 4.88 Å². The highest BCUT2D eigenvalue weighted by Gasteiger charge is 2.29. The van der Waals surface area contributed by atoms with E-state index in [1.165, 1.54) is 10.4 Å². The molecule has 1 fully saturated rings. The standard InChI is InChI=1S/C17H24N4OS/c1-4-20-10-13(8-16(20)22)11-21-6-5-18-17(21)15-7-14(12-23-15)9-19(2)3/h5-7,12-13H,4,8-11H2,1-3H3. The normalized spacial score (nSPS) is 18.3. The maximum Gasteiger partial charge on any atom is 0.222 e. The van der Waals surface area contributed by atoms with E-state index < -0.39 is 0 Å². The number of thiophene rings is 1. The minimum Gasteiger partial charge on any atom is -0.343 e. The lowest BCUT2D eigenvalue weighted by Gasteiger charge is -2.15. The molecule has 3 rings (SSSR count). The van der Waals surface area contributed by atoms with Gasteiger partial charge in [-0.15, -0.1) is 11.3 Å². The summed E-state index contributed by atoms with van der Waals surface area (Å²) < 4.78 is 2.20. The molecule has 0 radical (unpaired) electrons. The Kier molecular flexibility index (Phi) is 4.82. The quantitative estimate of drug-likeness (QED) is 0.816.